The molecular weight excluding hydrogens is 404 g/mol. The second kappa shape index (κ2) is 8.74. The van der Waals surface area contributed by atoms with Crippen molar-refractivity contribution in [2.75, 3.05) is 6.54 Å². The number of hydrogen-bond donors (Lipinski definition) is 1. The Labute approximate surface area is 185 Å². The maximum Gasteiger partial charge on any atom is 0.290 e. The maximum absolute atomic E-state index is 12.7. The fraction of sp³-hybridized carbons (Fsp3) is 0.292. The van der Waals surface area contributed by atoms with E-state index in [1.165, 1.54) is 0 Å². The average Bonchev–Trinajstić information content (AvgIpc) is 3.39. The molecule has 0 bridgehead atoms. The zero-order valence-electron chi connectivity index (χ0n) is 17.9. The van der Waals surface area contributed by atoms with Gasteiger partial charge in [0.1, 0.15) is 5.82 Å². The lowest BCUT2D eigenvalue weighted by atomic mass is 10.1. The number of nitrogens with one attached hydrogen (secondary N) is 1. The molecule has 162 valence electrons. The van der Waals surface area contributed by atoms with Crippen molar-refractivity contribution in [2.45, 2.75) is 38.5 Å². The van der Waals surface area contributed by atoms with Crippen LogP contribution in [0.5, 0.6) is 0 Å². The van der Waals surface area contributed by atoms with E-state index in [9.17, 15) is 4.79 Å². The van der Waals surface area contributed by atoms with Gasteiger partial charge in [-0.1, -0.05) is 42.4 Å². The van der Waals surface area contributed by atoms with E-state index in [4.69, 9.17) is 4.52 Å². The molecule has 0 aliphatic heterocycles. The van der Waals surface area contributed by atoms with Crippen LogP contribution in [-0.2, 0) is 12.8 Å². The molecule has 1 N–H and O–H groups in total. The van der Waals surface area contributed by atoms with Gasteiger partial charge < -0.3 is 9.84 Å². The number of nitrogens with zero attached hydrogens (tertiary/aromatic N) is 5. The molecule has 8 heteroatoms. The van der Waals surface area contributed by atoms with E-state index in [2.05, 4.69) is 25.5 Å². The summed E-state index contributed by atoms with van der Waals surface area (Å²) >= 11 is 0. The van der Waals surface area contributed by atoms with Gasteiger partial charge in [0.25, 0.3) is 11.8 Å². The molecule has 2 aromatic carbocycles. The van der Waals surface area contributed by atoms with Gasteiger partial charge in [-0.25, -0.2) is 9.67 Å². The summed E-state index contributed by atoms with van der Waals surface area (Å²) in [6.07, 6.45) is 3.62. The first-order chi connectivity index (χ1) is 15.7. The number of carbonyl (C=O) groups is 1. The number of carbonyl (C=O) groups excluding carboxylic acids is 1. The lowest BCUT2D eigenvalue weighted by Crippen LogP contribution is -2.26. The zero-order valence-corrected chi connectivity index (χ0v) is 17.9. The number of benzene rings is 2. The van der Waals surface area contributed by atoms with E-state index < -0.39 is 0 Å². The summed E-state index contributed by atoms with van der Waals surface area (Å²) < 4.78 is 7.07. The Kier molecular flexibility index (Phi) is 5.49. The molecule has 0 atom stereocenters. The monoisotopic (exact) mass is 428 g/mol. The van der Waals surface area contributed by atoms with Crippen molar-refractivity contribution < 1.29 is 9.32 Å². The Balaban J connectivity index is 1.21. The number of para-hydroxylation sites is 1. The number of aromatic nitrogens is 5. The molecule has 1 amide bonds. The van der Waals surface area contributed by atoms with Crippen LogP contribution in [-0.4, -0.2) is 37.4 Å². The van der Waals surface area contributed by atoms with Gasteiger partial charge in [0, 0.05) is 24.4 Å². The van der Waals surface area contributed by atoms with Crippen molar-refractivity contribution in [2.24, 2.45) is 0 Å². The first kappa shape index (κ1) is 20.1. The molecule has 1 fully saturated rings. The largest absolute Gasteiger partial charge is 0.349 e. The van der Waals surface area contributed by atoms with E-state index in [0.717, 1.165) is 41.9 Å². The number of aryl methyl sites for hydroxylation is 1. The minimum Gasteiger partial charge on any atom is -0.349 e. The summed E-state index contributed by atoms with van der Waals surface area (Å²) in [6.45, 7) is 2.48. The Morgan fingerprint density at radius 2 is 1.88 bits per heavy atom. The fourth-order valence-electron chi connectivity index (χ4n) is 3.51. The first-order valence-corrected chi connectivity index (χ1v) is 10.9. The van der Waals surface area contributed by atoms with E-state index in [-0.39, 0.29) is 11.7 Å². The van der Waals surface area contributed by atoms with Crippen LogP contribution in [0, 0.1) is 0 Å². The molecule has 0 unspecified atom stereocenters. The molecule has 1 saturated carbocycles. The summed E-state index contributed by atoms with van der Waals surface area (Å²) in [6, 6.07) is 17.7. The van der Waals surface area contributed by atoms with Crippen LogP contribution in [0.1, 0.15) is 53.5 Å². The van der Waals surface area contributed by atoms with Crippen LogP contribution in [0.25, 0.3) is 17.1 Å². The molecule has 0 radical (unpaired) electrons. The Morgan fingerprint density at radius 1 is 1.09 bits per heavy atom. The third-order valence-corrected chi connectivity index (χ3v) is 5.46. The molecule has 2 aromatic heterocycles. The average molecular weight is 428 g/mol. The molecule has 1 aliphatic carbocycles. The van der Waals surface area contributed by atoms with Gasteiger partial charge >= 0.3 is 0 Å². The molecule has 4 aromatic rings. The number of amides is 1. The first-order valence-electron chi connectivity index (χ1n) is 10.9. The lowest BCUT2D eigenvalue weighted by Gasteiger charge is -2.04. The molecule has 32 heavy (non-hydrogen) atoms. The van der Waals surface area contributed by atoms with Gasteiger partial charge in [-0.2, -0.15) is 4.98 Å². The second-order valence-electron chi connectivity index (χ2n) is 7.89. The minimum absolute atomic E-state index is 0.217. The van der Waals surface area contributed by atoms with Crippen molar-refractivity contribution in [3.8, 4) is 17.1 Å². The Hall–Kier alpha value is -3.81. The van der Waals surface area contributed by atoms with Gasteiger partial charge in [0.05, 0.1) is 5.69 Å². The normalized spacial score (nSPS) is 13.3. The van der Waals surface area contributed by atoms with Crippen LogP contribution in [0.4, 0.5) is 0 Å². The van der Waals surface area contributed by atoms with Gasteiger partial charge in [-0.05, 0) is 49.1 Å². The highest BCUT2D eigenvalue weighted by atomic mass is 16.5. The van der Waals surface area contributed by atoms with Crippen molar-refractivity contribution in [3.05, 3.63) is 77.6 Å². The molecule has 5 rings (SSSR count). The molecule has 0 spiro atoms. The van der Waals surface area contributed by atoms with Crippen molar-refractivity contribution in [1.82, 2.24) is 30.2 Å². The number of rotatable bonds is 8. The summed E-state index contributed by atoms with van der Waals surface area (Å²) in [5.74, 6) is 2.43. The standard InChI is InChI=1S/C24H24N6O2/c1-2-20-26-24(32-29-20)18-10-8-16(9-11-18)14-15-25-23(31)21-27-22(17-12-13-17)30(28-21)19-6-4-3-5-7-19/h3-11,17H,2,12-15H2,1H3,(H,25,31). The minimum atomic E-state index is -0.254. The van der Waals surface area contributed by atoms with Gasteiger partial charge in [0.15, 0.2) is 5.82 Å². The predicted molar refractivity (Wildman–Crippen MR) is 118 cm³/mol. The quantitative estimate of drug-likeness (QED) is 0.459. The van der Waals surface area contributed by atoms with Gasteiger partial charge in [0.2, 0.25) is 5.82 Å². The lowest BCUT2D eigenvalue weighted by molar-refractivity contribution is 0.0944. The molecule has 1 aliphatic rings. The molecule has 2 heterocycles. The van der Waals surface area contributed by atoms with Crippen molar-refractivity contribution >= 4 is 5.91 Å². The van der Waals surface area contributed by atoms with Crippen LogP contribution >= 0.6 is 0 Å². The van der Waals surface area contributed by atoms with Crippen LogP contribution in [0.3, 0.4) is 0 Å². The predicted octanol–water partition coefficient (Wildman–Crippen LogP) is 3.73. The highest BCUT2D eigenvalue weighted by Crippen LogP contribution is 2.39. The SMILES string of the molecule is CCc1noc(-c2ccc(CCNC(=O)c3nc(C4CC4)n(-c4ccccc4)n3)cc2)n1. The van der Waals surface area contributed by atoms with Crippen LogP contribution in [0.2, 0.25) is 0 Å². The highest BCUT2D eigenvalue weighted by Gasteiger charge is 2.31. The second-order valence-corrected chi connectivity index (χ2v) is 7.89. The summed E-state index contributed by atoms with van der Waals surface area (Å²) in [4.78, 5) is 21.6. The van der Waals surface area contributed by atoms with Gasteiger partial charge in [-0.3, -0.25) is 4.79 Å². The van der Waals surface area contributed by atoms with Crippen molar-refractivity contribution in [1.29, 1.82) is 0 Å². The van der Waals surface area contributed by atoms with E-state index in [1.807, 2.05) is 61.5 Å². The fourth-order valence-corrected chi connectivity index (χ4v) is 3.51. The third-order valence-electron chi connectivity index (χ3n) is 5.46. The maximum atomic E-state index is 12.7. The zero-order chi connectivity index (χ0) is 21.9. The van der Waals surface area contributed by atoms with Crippen LogP contribution < -0.4 is 5.32 Å². The summed E-state index contributed by atoms with van der Waals surface area (Å²) in [7, 11) is 0. The molecular formula is C24H24N6O2. The summed E-state index contributed by atoms with van der Waals surface area (Å²) in [5.41, 5.74) is 2.91. The summed E-state index contributed by atoms with van der Waals surface area (Å²) in [5, 5.41) is 11.4. The van der Waals surface area contributed by atoms with E-state index >= 15 is 0 Å². The Morgan fingerprint density at radius 3 is 2.56 bits per heavy atom. The smallest absolute Gasteiger partial charge is 0.290 e. The molecule has 0 saturated heterocycles. The van der Waals surface area contributed by atoms with Crippen molar-refractivity contribution in [3.63, 3.8) is 0 Å². The topological polar surface area (TPSA) is 98.7 Å². The van der Waals surface area contributed by atoms with Gasteiger partial charge in [-0.15, -0.1) is 5.10 Å². The Bertz CT molecular complexity index is 1210. The number of hydrogen-bond acceptors (Lipinski definition) is 6. The van der Waals surface area contributed by atoms with Crippen LogP contribution in [0.15, 0.2) is 59.1 Å². The van der Waals surface area contributed by atoms with E-state index in [0.29, 0.717) is 30.6 Å². The highest BCUT2D eigenvalue weighted by molar-refractivity contribution is 5.90. The van der Waals surface area contributed by atoms with E-state index in [1.54, 1.807) is 4.68 Å². The molecule has 8 nitrogen and oxygen atoms in total. The third kappa shape index (κ3) is 4.30.